The van der Waals surface area contributed by atoms with Crippen LogP contribution in [0.2, 0.25) is 0 Å². The zero-order chi connectivity index (χ0) is 10.8. The summed E-state index contributed by atoms with van der Waals surface area (Å²) in [6.07, 6.45) is 0.504. The molecule has 4 heteroatoms. The van der Waals surface area contributed by atoms with Gasteiger partial charge in [-0.3, -0.25) is 20.0 Å². The van der Waals surface area contributed by atoms with Gasteiger partial charge in [0.25, 0.3) is 0 Å². The Hall–Kier alpha value is -1.84. The predicted molar refractivity (Wildman–Crippen MR) is 56.6 cm³/mol. The summed E-state index contributed by atoms with van der Waals surface area (Å²) in [5.74, 6) is 0.0469. The maximum absolute atomic E-state index is 11.2. The molecule has 1 saturated heterocycles. The summed E-state index contributed by atoms with van der Waals surface area (Å²) < 4.78 is 0. The van der Waals surface area contributed by atoms with Crippen LogP contribution in [0.15, 0.2) is 24.3 Å². The molecule has 0 spiro atoms. The highest BCUT2D eigenvalue weighted by molar-refractivity contribution is 5.95. The van der Waals surface area contributed by atoms with Gasteiger partial charge in [-0.25, -0.2) is 0 Å². The molecule has 1 heterocycles. The number of nitrogens with zero attached hydrogens (tertiary/aromatic N) is 1. The lowest BCUT2D eigenvalue weighted by Gasteiger charge is -2.17. The first-order valence-corrected chi connectivity index (χ1v) is 4.85. The Balaban J connectivity index is 2.25. The van der Waals surface area contributed by atoms with Crippen molar-refractivity contribution in [1.29, 1.82) is 0 Å². The van der Waals surface area contributed by atoms with E-state index in [2.05, 4.69) is 5.43 Å². The minimum atomic E-state index is 0.0169. The zero-order valence-corrected chi connectivity index (χ0v) is 8.49. The maximum atomic E-state index is 11.2. The molecule has 1 aliphatic heterocycles. The lowest BCUT2D eigenvalue weighted by molar-refractivity contribution is -0.119. The van der Waals surface area contributed by atoms with Gasteiger partial charge in [-0.1, -0.05) is 12.1 Å². The number of nitrogens with one attached hydrogen (secondary N) is 1. The van der Waals surface area contributed by atoms with Crippen molar-refractivity contribution in [3.63, 3.8) is 0 Å². The number of amides is 1. The number of carbonyl (C=O) groups is 2. The Morgan fingerprint density at radius 3 is 2.87 bits per heavy atom. The minimum Gasteiger partial charge on any atom is -0.295 e. The molecule has 0 aromatic heterocycles. The fraction of sp³-hybridized carbons (Fsp3) is 0.273. The molecular weight excluding hydrogens is 192 g/mol. The molecule has 1 aliphatic rings. The fourth-order valence-corrected chi connectivity index (χ4v) is 1.56. The average molecular weight is 204 g/mol. The Kier molecular flexibility index (Phi) is 2.41. The van der Waals surface area contributed by atoms with Crippen LogP contribution in [-0.4, -0.2) is 18.2 Å². The van der Waals surface area contributed by atoms with Gasteiger partial charge in [-0.05, 0) is 19.1 Å². The van der Waals surface area contributed by atoms with E-state index in [0.29, 0.717) is 18.5 Å². The van der Waals surface area contributed by atoms with Crippen molar-refractivity contribution in [2.45, 2.75) is 13.3 Å². The van der Waals surface area contributed by atoms with Crippen LogP contribution in [0.25, 0.3) is 0 Å². The third-order valence-corrected chi connectivity index (χ3v) is 2.39. The summed E-state index contributed by atoms with van der Waals surface area (Å²) in [6, 6.07) is 7.24. The summed E-state index contributed by atoms with van der Waals surface area (Å²) >= 11 is 0. The van der Waals surface area contributed by atoms with Gasteiger partial charge < -0.3 is 0 Å². The van der Waals surface area contributed by atoms with Gasteiger partial charge in [0.05, 0.1) is 5.69 Å². The second kappa shape index (κ2) is 3.73. The number of Topliss-reactive ketones (excluding diaryl/α,β-unsaturated/α-hetero) is 1. The number of carbonyl (C=O) groups excluding carboxylic acids is 2. The molecule has 1 aromatic rings. The molecule has 2 rings (SSSR count). The van der Waals surface area contributed by atoms with Gasteiger partial charge in [0.2, 0.25) is 5.91 Å². The van der Waals surface area contributed by atoms with Crippen LogP contribution in [0, 0.1) is 0 Å². The third-order valence-electron chi connectivity index (χ3n) is 2.39. The quantitative estimate of drug-likeness (QED) is 0.735. The van der Waals surface area contributed by atoms with Crippen molar-refractivity contribution in [3.8, 4) is 0 Å². The van der Waals surface area contributed by atoms with E-state index >= 15 is 0 Å². The lowest BCUT2D eigenvalue weighted by Crippen LogP contribution is -2.32. The van der Waals surface area contributed by atoms with Crippen molar-refractivity contribution in [2.24, 2.45) is 0 Å². The highest BCUT2D eigenvalue weighted by Crippen LogP contribution is 2.17. The maximum Gasteiger partial charge on any atom is 0.240 e. The van der Waals surface area contributed by atoms with E-state index in [0.717, 1.165) is 5.69 Å². The van der Waals surface area contributed by atoms with Gasteiger partial charge in [0.15, 0.2) is 5.78 Å². The molecule has 1 amide bonds. The molecule has 0 unspecified atom stereocenters. The zero-order valence-electron chi connectivity index (χ0n) is 8.49. The summed E-state index contributed by atoms with van der Waals surface area (Å²) in [5, 5.41) is 1.76. The largest absolute Gasteiger partial charge is 0.295 e. The molecule has 15 heavy (non-hydrogen) atoms. The minimum absolute atomic E-state index is 0.0169. The Morgan fingerprint density at radius 2 is 2.27 bits per heavy atom. The Morgan fingerprint density at radius 1 is 1.47 bits per heavy atom. The van der Waals surface area contributed by atoms with Crippen LogP contribution >= 0.6 is 0 Å². The molecule has 0 aliphatic carbocycles. The van der Waals surface area contributed by atoms with Crippen molar-refractivity contribution < 1.29 is 9.59 Å². The van der Waals surface area contributed by atoms with E-state index < -0.39 is 0 Å². The second-order valence-electron chi connectivity index (χ2n) is 3.54. The van der Waals surface area contributed by atoms with Crippen LogP contribution in [0.4, 0.5) is 5.69 Å². The topological polar surface area (TPSA) is 49.4 Å². The normalized spacial score (nSPS) is 15.3. The van der Waals surface area contributed by atoms with E-state index in [1.807, 2.05) is 12.1 Å². The van der Waals surface area contributed by atoms with E-state index in [9.17, 15) is 9.59 Å². The van der Waals surface area contributed by atoms with Crippen molar-refractivity contribution in [1.82, 2.24) is 5.43 Å². The molecule has 0 atom stereocenters. The van der Waals surface area contributed by atoms with Crippen LogP contribution in [0.5, 0.6) is 0 Å². The number of hydrazine groups is 1. The smallest absolute Gasteiger partial charge is 0.240 e. The van der Waals surface area contributed by atoms with E-state index in [1.54, 1.807) is 17.1 Å². The van der Waals surface area contributed by atoms with Gasteiger partial charge >= 0.3 is 0 Å². The van der Waals surface area contributed by atoms with Crippen molar-refractivity contribution in [3.05, 3.63) is 29.8 Å². The highest BCUT2D eigenvalue weighted by atomic mass is 16.2. The number of ketones is 1. The number of hydrogen-bond donors (Lipinski definition) is 1. The van der Waals surface area contributed by atoms with Crippen molar-refractivity contribution in [2.75, 3.05) is 11.6 Å². The summed E-state index contributed by atoms with van der Waals surface area (Å²) in [7, 11) is 0. The molecule has 0 saturated carbocycles. The standard InChI is InChI=1S/C11H12N2O2/c1-8(14)9-3-2-4-10(7-9)13-6-5-11(15)12-13/h2-4,7H,5-6H2,1H3,(H,12,15). The number of anilines is 1. The second-order valence-corrected chi connectivity index (χ2v) is 3.54. The molecule has 4 nitrogen and oxygen atoms in total. The SMILES string of the molecule is CC(=O)c1cccc(N2CCC(=O)N2)c1. The first kappa shape index (κ1) is 9.71. The first-order chi connectivity index (χ1) is 7.16. The average Bonchev–Trinajstić information content (AvgIpc) is 2.65. The monoisotopic (exact) mass is 204 g/mol. The van der Waals surface area contributed by atoms with E-state index in [1.165, 1.54) is 6.92 Å². The Bertz CT molecular complexity index is 415. The fourth-order valence-electron chi connectivity index (χ4n) is 1.56. The number of rotatable bonds is 2. The molecule has 1 fully saturated rings. The first-order valence-electron chi connectivity index (χ1n) is 4.85. The van der Waals surface area contributed by atoms with Gasteiger partial charge in [-0.2, -0.15) is 0 Å². The number of benzene rings is 1. The van der Waals surface area contributed by atoms with Gasteiger partial charge in [0.1, 0.15) is 0 Å². The van der Waals surface area contributed by atoms with Crippen LogP contribution in [0.1, 0.15) is 23.7 Å². The lowest BCUT2D eigenvalue weighted by atomic mass is 10.1. The van der Waals surface area contributed by atoms with Crippen LogP contribution < -0.4 is 10.4 Å². The summed E-state index contributed by atoms with van der Waals surface area (Å²) in [5.41, 5.74) is 4.24. The molecule has 1 N–H and O–H groups in total. The molecule has 78 valence electrons. The summed E-state index contributed by atoms with van der Waals surface area (Å²) in [4.78, 5) is 22.2. The Labute approximate surface area is 87.9 Å². The van der Waals surface area contributed by atoms with E-state index in [4.69, 9.17) is 0 Å². The van der Waals surface area contributed by atoms with Crippen LogP contribution in [0.3, 0.4) is 0 Å². The molecule has 0 bridgehead atoms. The molecule has 0 radical (unpaired) electrons. The van der Waals surface area contributed by atoms with E-state index in [-0.39, 0.29) is 11.7 Å². The van der Waals surface area contributed by atoms with Crippen LogP contribution in [-0.2, 0) is 4.79 Å². The van der Waals surface area contributed by atoms with Gasteiger partial charge in [0, 0.05) is 18.5 Å². The van der Waals surface area contributed by atoms with Crippen molar-refractivity contribution >= 4 is 17.4 Å². The summed E-state index contributed by atoms with van der Waals surface area (Å²) in [6.45, 7) is 2.18. The number of hydrogen-bond acceptors (Lipinski definition) is 3. The van der Waals surface area contributed by atoms with Gasteiger partial charge in [-0.15, -0.1) is 0 Å². The third kappa shape index (κ3) is 1.98. The highest BCUT2D eigenvalue weighted by Gasteiger charge is 2.18. The molecule has 1 aromatic carbocycles. The molecular formula is C11H12N2O2. The predicted octanol–water partition coefficient (Wildman–Crippen LogP) is 1.13.